The Kier molecular flexibility index (Phi) is 7.58. The molecule has 0 bridgehead atoms. The van der Waals surface area contributed by atoms with Crippen molar-refractivity contribution in [3.63, 3.8) is 0 Å². The van der Waals surface area contributed by atoms with Crippen LogP contribution < -0.4 is 9.47 Å². The molecule has 1 N–H and O–H groups in total. The van der Waals surface area contributed by atoms with Crippen molar-refractivity contribution < 1.29 is 14.6 Å². The van der Waals surface area contributed by atoms with Crippen molar-refractivity contribution >= 4 is 0 Å². The molecule has 6 heteroatoms. The molecule has 5 rings (SSSR count). The van der Waals surface area contributed by atoms with Gasteiger partial charge in [-0.25, -0.2) is 4.68 Å². The van der Waals surface area contributed by atoms with E-state index in [1.54, 1.807) is 7.11 Å². The monoisotopic (exact) mass is 497 g/mol. The normalized spacial score (nSPS) is 14.2. The van der Waals surface area contributed by atoms with E-state index in [1.165, 1.54) is 0 Å². The van der Waals surface area contributed by atoms with Crippen LogP contribution in [0.3, 0.4) is 0 Å². The Morgan fingerprint density at radius 1 is 0.919 bits per heavy atom. The van der Waals surface area contributed by atoms with Gasteiger partial charge in [0.15, 0.2) is 0 Å². The van der Waals surface area contributed by atoms with Gasteiger partial charge in [-0.2, -0.15) is 5.10 Å². The molecule has 0 amide bonds. The number of hydrogen-bond acceptors (Lipinski definition) is 5. The average Bonchev–Trinajstić information content (AvgIpc) is 3.72. The second-order valence-corrected chi connectivity index (χ2v) is 9.94. The van der Waals surface area contributed by atoms with Crippen LogP contribution in [0.4, 0.5) is 0 Å². The van der Waals surface area contributed by atoms with Gasteiger partial charge in [-0.05, 0) is 60.7 Å². The second-order valence-electron chi connectivity index (χ2n) is 9.94. The van der Waals surface area contributed by atoms with Crippen molar-refractivity contribution in [1.82, 2.24) is 14.7 Å². The zero-order valence-electron chi connectivity index (χ0n) is 21.7. The van der Waals surface area contributed by atoms with Gasteiger partial charge in [0.2, 0.25) is 5.88 Å². The summed E-state index contributed by atoms with van der Waals surface area (Å²) in [6.07, 6.45) is 1.72. The van der Waals surface area contributed by atoms with Crippen LogP contribution in [0.2, 0.25) is 0 Å². The number of aliphatic hydroxyl groups is 1. The van der Waals surface area contributed by atoms with Crippen molar-refractivity contribution in [3.8, 4) is 23.1 Å². The SMILES string of the molecule is COc1ccc(-n2nc(C(C)C)c(CN(CC(O)c3ccccc3)C3CC3)c2Oc2ccccc2)cc1. The number of para-hydroxylation sites is 1. The Balaban J connectivity index is 1.54. The van der Waals surface area contributed by atoms with E-state index in [0.717, 1.165) is 46.8 Å². The number of benzene rings is 3. The van der Waals surface area contributed by atoms with E-state index in [4.69, 9.17) is 14.6 Å². The minimum Gasteiger partial charge on any atom is -0.497 e. The molecule has 37 heavy (non-hydrogen) atoms. The van der Waals surface area contributed by atoms with Gasteiger partial charge in [0.05, 0.1) is 30.2 Å². The molecule has 1 aliphatic rings. The largest absolute Gasteiger partial charge is 0.497 e. The van der Waals surface area contributed by atoms with Gasteiger partial charge in [0.1, 0.15) is 11.5 Å². The zero-order valence-corrected chi connectivity index (χ0v) is 21.7. The van der Waals surface area contributed by atoms with E-state index in [0.29, 0.717) is 25.0 Å². The fourth-order valence-electron chi connectivity index (χ4n) is 4.66. The molecular formula is C31H35N3O3. The summed E-state index contributed by atoms with van der Waals surface area (Å²) in [7, 11) is 1.66. The van der Waals surface area contributed by atoms with Crippen LogP contribution in [0.15, 0.2) is 84.9 Å². The fourth-order valence-corrected chi connectivity index (χ4v) is 4.66. The summed E-state index contributed by atoms with van der Waals surface area (Å²) in [5.41, 5.74) is 3.90. The van der Waals surface area contributed by atoms with Crippen LogP contribution >= 0.6 is 0 Å². The van der Waals surface area contributed by atoms with Crippen LogP contribution in [0.5, 0.6) is 17.4 Å². The summed E-state index contributed by atoms with van der Waals surface area (Å²) < 4.78 is 13.8. The molecule has 1 atom stereocenters. The maximum Gasteiger partial charge on any atom is 0.227 e. The summed E-state index contributed by atoms with van der Waals surface area (Å²) in [6.45, 7) is 5.54. The Hall–Kier alpha value is -3.61. The average molecular weight is 498 g/mol. The van der Waals surface area contributed by atoms with Crippen molar-refractivity contribution in [2.75, 3.05) is 13.7 Å². The Bertz CT molecular complexity index is 1280. The van der Waals surface area contributed by atoms with E-state index in [-0.39, 0.29) is 5.92 Å². The van der Waals surface area contributed by atoms with Gasteiger partial charge in [-0.3, -0.25) is 4.90 Å². The maximum absolute atomic E-state index is 11.1. The zero-order chi connectivity index (χ0) is 25.8. The third-order valence-corrected chi connectivity index (χ3v) is 6.81. The minimum atomic E-state index is -0.556. The van der Waals surface area contributed by atoms with Gasteiger partial charge in [0, 0.05) is 19.1 Å². The first-order valence-corrected chi connectivity index (χ1v) is 13.0. The van der Waals surface area contributed by atoms with Crippen LogP contribution in [0.25, 0.3) is 5.69 Å². The first kappa shape index (κ1) is 25.1. The number of aliphatic hydroxyl groups excluding tert-OH is 1. The molecule has 1 unspecified atom stereocenters. The first-order chi connectivity index (χ1) is 18.0. The fraction of sp³-hybridized carbons (Fsp3) is 0.323. The molecule has 1 saturated carbocycles. The van der Waals surface area contributed by atoms with Crippen molar-refractivity contribution in [1.29, 1.82) is 0 Å². The standard InChI is InChI=1S/C31H35N3O3/c1-22(2)30-28(20-33(24-14-15-24)21-29(35)23-10-6-4-7-11-23)31(37-27-12-8-5-9-13-27)34(32-30)25-16-18-26(36-3)19-17-25/h4-13,16-19,22,24,29,35H,14-15,20-21H2,1-3H3. The summed E-state index contributed by atoms with van der Waals surface area (Å²) >= 11 is 0. The third kappa shape index (κ3) is 5.87. The molecule has 0 spiro atoms. The molecule has 4 aromatic rings. The molecule has 6 nitrogen and oxygen atoms in total. The highest BCUT2D eigenvalue weighted by molar-refractivity contribution is 5.46. The number of hydrogen-bond donors (Lipinski definition) is 1. The highest BCUT2D eigenvalue weighted by Gasteiger charge is 2.34. The van der Waals surface area contributed by atoms with Crippen molar-refractivity contribution in [2.24, 2.45) is 0 Å². The Labute approximate surface area is 219 Å². The molecule has 1 aromatic heterocycles. The van der Waals surface area contributed by atoms with Gasteiger partial charge in [-0.15, -0.1) is 0 Å². The topological polar surface area (TPSA) is 59.8 Å². The van der Waals surface area contributed by atoms with Crippen molar-refractivity contribution in [2.45, 2.75) is 51.3 Å². The highest BCUT2D eigenvalue weighted by atomic mass is 16.5. The molecule has 3 aromatic carbocycles. The minimum absolute atomic E-state index is 0.202. The van der Waals surface area contributed by atoms with Crippen LogP contribution in [-0.4, -0.2) is 39.5 Å². The summed E-state index contributed by atoms with van der Waals surface area (Å²) in [5, 5.41) is 16.1. The molecule has 0 radical (unpaired) electrons. The number of methoxy groups -OCH3 is 1. The summed E-state index contributed by atoms with van der Waals surface area (Å²) in [6, 6.07) is 28.1. The quantitative estimate of drug-likeness (QED) is 0.256. The highest BCUT2D eigenvalue weighted by Crippen LogP contribution is 2.38. The van der Waals surface area contributed by atoms with Crippen LogP contribution in [-0.2, 0) is 6.54 Å². The lowest BCUT2D eigenvalue weighted by Crippen LogP contribution is -2.31. The molecule has 0 aliphatic heterocycles. The molecule has 1 aliphatic carbocycles. The lowest BCUT2D eigenvalue weighted by atomic mass is 10.0. The molecular weight excluding hydrogens is 462 g/mol. The summed E-state index contributed by atoms with van der Waals surface area (Å²) in [4.78, 5) is 2.39. The van der Waals surface area contributed by atoms with Gasteiger partial charge < -0.3 is 14.6 Å². The molecule has 192 valence electrons. The Morgan fingerprint density at radius 3 is 2.16 bits per heavy atom. The molecule has 1 fully saturated rings. The van der Waals surface area contributed by atoms with Crippen molar-refractivity contribution in [3.05, 3.63) is 102 Å². The maximum atomic E-state index is 11.1. The first-order valence-electron chi connectivity index (χ1n) is 13.0. The van der Waals surface area contributed by atoms with Gasteiger partial charge in [-0.1, -0.05) is 62.4 Å². The molecule has 1 heterocycles. The van der Waals surface area contributed by atoms with Crippen LogP contribution in [0, 0.1) is 0 Å². The lowest BCUT2D eigenvalue weighted by Gasteiger charge is -2.26. The van der Waals surface area contributed by atoms with E-state index < -0.39 is 6.10 Å². The predicted molar refractivity (Wildman–Crippen MR) is 146 cm³/mol. The van der Waals surface area contributed by atoms with Gasteiger partial charge >= 0.3 is 0 Å². The van der Waals surface area contributed by atoms with E-state index in [2.05, 4.69) is 18.7 Å². The van der Waals surface area contributed by atoms with E-state index in [1.807, 2.05) is 89.6 Å². The number of rotatable bonds is 11. The number of ether oxygens (including phenoxy) is 2. The van der Waals surface area contributed by atoms with E-state index in [9.17, 15) is 5.11 Å². The lowest BCUT2D eigenvalue weighted by molar-refractivity contribution is 0.104. The Morgan fingerprint density at radius 2 is 1.57 bits per heavy atom. The third-order valence-electron chi connectivity index (χ3n) is 6.81. The molecule has 0 saturated heterocycles. The summed E-state index contributed by atoms with van der Waals surface area (Å²) in [5.74, 6) is 2.46. The second kappa shape index (κ2) is 11.2. The number of nitrogens with zero attached hydrogens (tertiary/aromatic N) is 3. The van der Waals surface area contributed by atoms with Gasteiger partial charge in [0.25, 0.3) is 0 Å². The number of aromatic nitrogens is 2. The van der Waals surface area contributed by atoms with E-state index >= 15 is 0 Å². The predicted octanol–water partition coefficient (Wildman–Crippen LogP) is 6.49. The smallest absolute Gasteiger partial charge is 0.227 e. The van der Waals surface area contributed by atoms with Crippen LogP contribution in [0.1, 0.15) is 55.5 Å².